The van der Waals surface area contributed by atoms with Gasteiger partial charge in [0.1, 0.15) is 0 Å². The first-order valence-corrected chi connectivity index (χ1v) is 5.54. The Morgan fingerprint density at radius 1 is 0.944 bits per heavy atom. The molecule has 0 aliphatic carbocycles. The second kappa shape index (κ2) is 5.86. The van der Waals surface area contributed by atoms with Gasteiger partial charge in [-0.2, -0.15) is 0 Å². The van der Waals surface area contributed by atoms with Crippen LogP contribution in [0.2, 0.25) is 0 Å². The molecule has 0 amide bonds. The fourth-order valence-electron chi connectivity index (χ4n) is 1.45. The Hall–Kier alpha value is -2.30. The van der Waals surface area contributed by atoms with Crippen LogP contribution in [0.4, 0.5) is 5.69 Å². The molecule has 0 aromatic carbocycles. The summed E-state index contributed by atoms with van der Waals surface area (Å²) in [6.07, 6.45) is 3.51. The Morgan fingerprint density at radius 3 is 2.11 bits per heavy atom. The number of rotatable bonds is 5. The summed E-state index contributed by atoms with van der Waals surface area (Å²) in [5, 5.41) is 3.25. The molecule has 5 nitrogen and oxygen atoms in total. The van der Waals surface area contributed by atoms with E-state index in [0.717, 1.165) is 11.3 Å². The summed E-state index contributed by atoms with van der Waals surface area (Å²) in [6.45, 7) is 0.686. The molecule has 0 fully saturated rings. The minimum absolute atomic E-state index is 0.603. The predicted octanol–water partition coefficient (Wildman–Crippen LogP) is 2.11. The van der Waals surface area contributed by atoms with Gasteiger partial charge in [-0.3, -0.25) is 0 Å². The zero-order valence-corrected chi connectivity index (χ0v) is 10.4. The summed E-state index contributed by atoms with van der Waals surface area (Å²) in [6, 6.07) is 7.54. The molecule has 0 aliphatic heterocycles. The Balaban J connectivity index is 1.93. The van der Waals surface area contributed by atoms with Gasteiger partial charge in [0.05, 0.1) is 26.1 Å². The number of nitrogens with one attached hydrogen (secondary N) is 1. The molecular formula is C13H15N3O2. The molecule has 0 unspecified atom stereocenters. The van der Waals surface area contributed by atoms with Crippen LogP contribution >= 0.6 is 0 Å². The molecule has 18 heavy (non-hydrogen) atoms. The van der Waals surface area contributed by atoms with Crippen LogP contribution in [0.5, 0.6) is 11.8 Å². The molecule has 0 radical (unpaired) electrons. The van der Waals surface area contributed by atoms with Crippen molar-refractivity contribution in [1.82, 2.24) is 9.97 Å². The molecule has 0 atom stereocenters. The van der Waals surface area contributed by atoms with Crippen LogP contribution in [0.1, 0.15) is 5.56 Å². The highest BCUT2D eigenvalue weighted by atomic mass is 16.5. The topological polar surface area (TPSA) is 56.3 Å². The van der Waals surface area contributed by atoms with Crippen molar-refractivity contribution in [3.05, 3.63) is 42.2 Å². The predicted molar refractivity (Wildman–Crippen MR) is 68.9 cm³/mol. The molecule has 2 heterocycles. The van der Waals surface area contributed by atoms with Gasteiger partial charge >= 0.3 is 0 Å². The van der Waals surface area contributed by atoms with E-state index in [9.17, 15) is 0 Å². The van der Waals surface area contributed by atoms with Gasteiger partial charge in [0, 0.05) is 24.9 Å². The fraction of sp³-hybridized carbons (Fsp3) is 0.231. The van der Waals surface area contributed by atoms with E-state index in [1.165, 1.54) is 0 Å². The zero-order chi connectivity index (χ0) is 12.8. The van der Waals surface area contributed by atoms with Gasteiger partial charge in [-0.25, -0.2) is 9.97 Å². The summed E-state index contributed by atoms with van der Waals surface area (Å²) < 4.78 is 10.00. The highest BCUT2D eigenvalue weighted by Crippen LogP contribution is 2.13. The van der Waals surface area contributed by atoms with E-state index in [1.807, 2.05) is 24.3 Å². The van der Waals surface area contributed by atoms with Crippen LogP contribution in [0.3, 0.4) is 0 Å². The number of hydrogen-bond donors (Lipinski definition) is 1. The van der Waals surface area contributed by atoms with E-state index in [4.69, 9.17) is 9.47 Å². The van der Waals surface area contributed by atoms with Crippen molar-refractivity contribution in [2.24, 2.45) is 0 Å². The van der Waals surface area contributed by atoms with Crippen LogP contribution in [-0.2, 0) is 6.54 Å². The Labute approximate surface area is 106 Å². The molecule has 2 rings (SSSR count). The van der Waals surface area contributed by atoms with Crippen molar-refractivity contribution >= 4 is 5.69 Å². The summed E-state index contributed by atoms with van der Waals surface area (Å²) in [4.78, 5) is 8.26. The van der Waals surface area contributed by atoms with Crippen LogP contribution in [-0.4, -0.2) is 24.2 Å². The van der Waals surface area contributed by atoms with Crippen molar-refractivity contribution in [2.45, 2.75) is 6.54 Å². The van der Waals surface area contributed by atoms with Crippen LogP contribution in [0.15, 0.2) is 36.7 Å². The average molecular weight is 245 g/mol. The molecule has 0 saturated carbocycles. The van der Waals surface area contributed by atoms with Gasteiger partial charge in [0.2, 0.25) is 11.8 Å². The Bertz CT molecular complexity index is 435. The lowest BCUT2D eigenvalue weighted by atomic mass is 10.3. The molecule has 2 aromatic heterocycles. The summed E-state index contributed by atoms with van der Waals surface area (Å²) in [5.74, 6) is 1.22. The summed E-state index contributed by atoms with van der Waals surface area (Å²) in [7, 11) is 3.20. The Kier molecular flexibility index (Phi) is 3.96. The van der Waals surface area contributed by atoms with Crippen molar-refractivity contribution < 1.29 is 9.47 Å². The zero-order valence-electron chi connectivity index (χ0n) is 10.4. The lowest BCUT2D eigenvalue weighted by molar-refractivity contribution is 0.397. The monoisotopic (exact) mass is 245 g/mol. The summed E-state index contributed by atoms with van der Waals surface area (Å²) >= 11 is 0. The minimum atomic E-state index is 0.603. The van der Waals surface area contributed by atoms with Gasteiger partial charge in [0.15, 0.2) is 0 Å². The first kappa shape index (κ1) is 12.2. The van der Waals surface area contributed by atoms with Crippen LogP contribution in [0.25, 0.3) is 0 Å². The van der Waals surface area contributed by atoms with E-state index >= 15 is 0 Å². The lowest BCUT2D eigenvalue weighted by Crippen LogP contribution is -2.00. The van der Waals surface area contributed by atoms with Gasteiger partial charge in [-0.05, 0) is 11.6 Å². The van der Waals surface area contributed by atoms with E-state index in [-0.39, 0.29) is 0 Å². The second-order valence-corrected chi connectivity index (χ2v) is 3.65. The lowest BCUT2D eigenvalue weighted by Gasteiger charge is -2.07. The molecule has 0 spiro atoms. The second-order valence-electron chi connectivity index (χ2n) is 3.65. The number of hydrogen-bond acceptors (Lipinski definition) is 5. The number of nitrogens with zero attached hydrogens (tertiary/aromatic N) is 2. The molecule has 2 aromatic rings. The highest BCUT2D eigenvalue weighted by Gasteiger charge is 1.97. The molecule has 0 aliphatic rings. The minimum Gasteiger partial charge on any atom is -0.481 e. The van der Waals surface area contributed by atoms with Crippen molar-refractivity contribution in [1.29, 1.82) is 0 Å². The van der Waals surface area contributed by atoms with E-state index in [1.54, 1.807) is 26.6 Å². The van der Waals surface area contributed by atoms with Gasteiger partial charge in [-0.1, -0.05) is 6.07 Å². The molecule has 5 heteroatoms. The molecule has 94 valence electrons. The SMILES string of the molecule is COc1ccc(CNc2ccc(OC)nc2)cn1. The standard InChI is InChI=1S/C13H15N3O2/c1-17-12-5-3-10(8-15-12)7-14-11-4-6-13(18-2)16-9-11/h3-6,8-9,14H,7H2,1-2H3. The van der Waals surface area contributed by atoms with E-state index in [2.05, 4.69) is 15.3 Å². The molecular weight excluding hydrogens is 230 g/mol. The Morgan fingerprint density at radius 2 is 1.61 bits per heavy atom. The van der Waals surface area contributed by atoms with Gasteiger partial charge in [-0.15, -0.1) is 0 Å². The van der Waals surface area contributed by atoms with E-state index in [0.29, 0.717) is 18.3 Å². The smallest absolute Gasteiger partial charge is 0.213 e. The first-order chi connectivity index (χ1) is 8.81. The third-order valence-electron chi connectivity index (χ3n) is 2.45. The number of ether oxygens (including phenoxy) is 2. The fourth-order valence-corrected chi connectivity index (χ4v) is 1.45. The van der Waals surface area contributed by atoms with Gasteiger partial charge in [0.25, 0.3) is 0 Å². The molecule has 0 saturated heterocycles. The van der Waals surface area contributed by atoms with Crippen molar-refractivity contribution in [3.8, 4) is 11.8 Å². The third-order valence-corrected chi connectivity index (χ3v) is 2.45. The third kappa shape index (κ3) is 3.10. The van der Waals surface area contributed by atoms with Crippen LogP contribution in [0, 0.1) is 0 Å². The first-order valence-electron chi connectivity index (χ1n) is 5.54. The van der Waals surface area contributed by atoms with Crippen molar-refractivity contribution in [3.63, 3.8) is 0 Å². The maximum atomic E-state index is 5.00. The van der Waals surface area contributed by atoms with Crippen molar-refractivity contribution in [2.75, 3.05) is 19.5 Å². The quantitative estimate of drug-likeness (QED) is 0.874. The largest absolute Gasteiger partial charge is 0.481 e. The van der Waals surface area contributed by atoms with E-state index < -0.39 is 0 Å². The number of methoxy groups -OCH3 is 2. The summed E-state index contributed by atoms with van der Waals surface area (Å²) in [5.41, 5.74) is 2.01. The van der Waals surface area contributed by atoms with Crippen LogP contribution < -0.4 is 14.8 Å². The average Bonchev–Trinajstić information content (AvgIpc) is 2.46. The maximum Gasteiger partial charge on any atom is 0.213 e. The maximum absolute atomic E-state index is 5.00. The molecule has 0 bridgehead atoms. The number of anilines is 1. The number of aromatic nitrogens is 2. The number of pyridine rings is 2. The van der Waals surface area contributed by atoms with Gasteiger partial charge < -0.3 is 14.8 Å². The highest BCUT2D eigenvalue weighted by molar-refractivity contribution is 5.42. The normalized spacial score (nSPS) is 9.89. The molecule has 1 N–H and O–H groups in total.